The largest absolute Gasteiger partial charge is 0.335 e. The van der Waals surface area contributed by atoms with Gasteiger partial charge in [-0.05, 0) is 62.3 Å². The van der Waals surface area contributed by atoms with Crippen LogP contribution in [0.2, 0.25) is 0 Å². The van der Waals surface area contributed by atoms with E-state index in [1.54, 1.807) is 24.1 Å². The van der Waals surface area contributed by atoms with Crippen LogP contribution in [0.3, 0.4) is 0 Å². The molecule has 0 unspecified atom stereocenters. The highest BCUT2D eigenvalue weighted by molar-refractivity contribution is 14.1. The number of aryl methyl sites for hydroxylation is 2. The predicted octanol–water partition coefficient (Wildman–Crippen LogP) is 2.70. The van der Waals surface area contributed by atoms with Crippen molar-refractivity contribution >= 4 is 44.5 Å². The van der Waals surface area contributed by atoms with Gasteiger partial charge in [0.25, 0.3) is 11.8 Å². The predicted molar refractivity (Wildman–Crippen MR) is 137 cm³/mol. The van der Waals surface area contributed by atoms with Gasteiger partial charge in [-0.15, -0.1) is 0 Å². The Morgan fingerprint density at radius 2 is 2.06 bits per heavy atom. The zero-order valence-electron chi connectivity index (χ0n) is 19.6. The first-order valence-electron chi connectivity index (χ1n) is 11.6. The lowest BCUT2D eigenvalue weighted by molar-refractivity contribution is 0.0724. The van der Waals surface area contributed by atoms with Crippen molar-refractivity contribution in [3.63, 3.8) is 0 Å². The average molecular weight is 607 g/mol. The Hall–Kier alpha value is -2.46. The number of rotatable bonds is 7. The van der Waals surface area contributed by atoms with Gasteiger partial charge in [0.15, 0.2) is 15.5 Å². The molecule has 2 aromatic rings. The van der Waals surface area contributed by atoms with Crippen molar-refractivity contribution in [2.45, 2.75) is 55.6 Å². The summed E-state index contributed by atoms with van der Waals surface area (Å²) < 4.78 is 28.0. The van der Waals surface area contributed by atoms with E-state index in [0.29, 0.717) is 49.2 Å². The Morgan fingerprint density at radius 3 is 2.66 bits per heavy atom. The number of benzene rings is 1. The Kier molecular flexibility index (Phi) is 5.95. The monoisotopic (exact) mass is 607 g/mol. The van der Waals surface area contributed by atoms with Gasteiger partial charge in [0.2, 0.25) is 0 Å². The molecule has 184 valence electrons. The van der Waals surface area contributed by atoms with E-state index in [1.807, 2.05) is 35.9 Å². The maximum absolute atomic E-state index is 13.4. The van der Waals surface area contributed by atoms with Crippen LogP contribution in [0.15, 0.2) is 18.2 Å². The molecule has 1 aliphatic heterocycles. The number of nitriles is 1. The summed E-state index contributed by atoms with van der Waals surface area (Å²) in [6, 6.07) is 7.46. The van der Waals surface area contributed by atoms with E-state index in [0.717, 1.165) is 24.0 Å². The Morgan fingerprint density at radius 1 is 1.34 bits per heavy atom. The standard InChI is InChI=1S/C24H26IN5O4S/c1-15-11-16(12-26)3-4-17(15)13-30(25)22(31)20-19-7-10-29(23(32)21(19)28(2)27-20)14-24(8-9-24)35(33,34)18-5-6-18/h3-4,11,18H,5-10,13-14H2,1-2H3. The molecule has 1 aromatic carbocycles. The molecule has 2 heterocycles. The first-order chi connectivity index (χ1) is 16.6. The van der Waals surface area contributed by atoms with Crippen molar-refractivity contribution in [2.75, 3.05) is 13.1 Å². The van der Waals surface area contributed by atoms with Crippen molar-refractivity contribution < 1.29 is 18.0 Å². The Bertz CT molecular complexity index is 1390. The number of nitrogens with zero attached hydrogens (tertiary/aromatic N) is 5. The van der Waals surface area contributed by atoms with Crippen LogP contribution in [0.4, 0.5) is 0 Å². The molecule has 2 fully saturated rings. The molecule has 0 saturated heterocycles. The topological polar surface area (TPSA) is 116 Å². The zero-order chi connectivity index (χ0) is 25.1. The second-order valence-electron chi connectivity index (χ2n) is 9.78. The fourth-order valence-corrected chi connectivity index (χ4v) is 7.99. The molecule has 9 nitrogen and oxygen atoms in total. The van der Waals surface area contributed by atoms with Crippen molar-refractivity contribution in [3.8, 4) is 6.07 Å². The van der Waals surface area contributed by atoms with E-state index in [2.05, 4.69) is 11.2 Å². The smallest absolute Gasteiger partial charge is 0.283 e. The fourth-order valence-electron chi connectivity index (χ4n) is 4.92. The average Bonchev–Trinajstić information content (AvgIpc) is 3.74. The summed E-state index contributed by atoms with van der Waals surface area (Å²) >= 11 is 1.96. The van der Waals surface area contributed by atoms with Gasteiger partial charge in [-0.2, -0.15) is 10.4 Å². The quantitative estimate of drug-likeness (QED) is 0.353. The molecule has 0 atom stereocenters. The minimum atomic E-state index is -3.22. The minimum Gasteiger partial charge on any atom is -0.335 e. The maximum atomic E-state index is 13.4. The normalized spacial score (nSPS) is 18.7. The van der Waals surface area contributed by atoms with Gasteiger partial charge in [0.1, 0.15) is 5.69 Å². The highest BCUT2D eigenvalue weighted by atomic mass is 127. The SMILES string of the molecule is Cc1cc(C#N)ccc1CN(I)C(=O)c1nn(C)c2c1CCN(CC1(S(=O)(=O)C3CC3)CC1)C2=O. The molecule has 2 saturated carbocycles. The van der Waals surface area contributed by atoms with E-state index in [9.17, 15) is 18.0 Å². The highest BCUT2D eigenvalue weighted by Crippen LogP contribution is 2.51. The maximum Gasteiger partial charge on any atom is 0.283 e. The number of carbonyl (C=O) groups is 2. The number of hydrogen-bond donors (Lipinski definition) is 0. The zero-order valence-corrected chi connectivity index (χ0v) is 22.6. The van der Waals surface area contributed by atoms with Crippen molar-refractivity contribution in [1.82, 2.24) is 17.8 Å². The van der Waals surface area contributed by atoms with Gasteiger partial charge in [0.05, 0.1) is 51.0 Å². The lowest BCUT2D eigenvalue weighted by Gasteiger charge is -2.31. The molecule has 0 radical (unpaired) electrons. The molecule has 35 heavy (non-hydrogen) atoms. The van der Waals surface area contributed by atoms with Crippen LogP contribution in [-0.2, 0) is 29.9 Å². The van der Waals surface area contributed by atoms with Crippen LogP contribution in [0, 0.1) is 18.3 Å². The molecule has 0 bridgehead atoms. The summed E-state index contributed by atoms with van der Waals surface area (Å²) in [6.45, 7) is 2.83. The van der Waals surface area contributed by atoms with Gasteiger partial charge < -0.3 is 4.90 Å². The van der Waals surface area contributed by atoms with Gasteiger partial charge in [0, 0.05) is 25.7 Å². The lowest BCUT2D eigenvalue weighted by atomic mass is 10.0. The molecular weight excluding hydrogens is 581 g/mol. The number of carbonyl (C=O) groups excluding carboxylic acids is 2. The Balaban J connectivity index is 1.34. The molecule has 11 heteroatoms. The molecule has 1 aromatic heterocycles. The third-order valence-electron chi connectivity index (χ3n) is 7.32. The molecule has 3 aliphatic rings. The molecule has 0 spiro atoms. The molecule has 0 N–H and O–H groups in total. The lowest BCUT2D eigenvalue weighted by Crippen LogP contribution is -2.46. The number of sulfone groups is 1. The third kappa shape index (κ3) is 4.14. The third-order valence-corrected chi connectivity index (χ3v) is 11.2. The van der Waals surface area contributed by atoms with Gasteiger partial charge in [-0.3, -0.25) is 17.4 Å². The Labute approximate surface area is 218 Å². The molecular formula is C24H26IN5O4S. The number of halogens is 1. The highest BCUT2D eigenvalue weighted by Gasteiger charge is 2.60. The van der Waals surface area contributed by atoms with E-state index in [1.165, 1.54) is 7.80 Å². The fraction of sp³-hybridized carbons (Fsp3) is 0.500. The summed E-state index contributed by atoms with van der Waals surface area (Å²) in [4.78, 5) is 28.3. The first kappa shape index (κ1) is 24.2. The minimum absolute atomic E-state index is 0.217. The van der Waals surface area contributed by atoms with Crippen LogP contribution in [-0.4, -0.2) is 61.1 Å². The summed E-state index contributed by atoms with van der Waals surface area (Å²) in [5, 5.41) is 13.2. The molecule has 2 amide bonds. The summed E-state index contributed by atoms with van der Waals surface area (Å²) in [5.41, 5.74) is 3.64. The number of amides is 2. The van der Waals surface area contributed by atoms with Crippen LogP contribution in [0.25, 0.3) is 0 Å². The van der Waals surface area contributed by atoms with Crippen LogP contribution >= 0.6 is 22.9 Å². The summed E-state index contributed by atoms with van der Waals surface area (Å²) in [7, 11) is -1.57. The second-order valence-corrected chi connectivity index (χ2v) is 13.6. The van der Waals surface area contributed by atoms with Gasteiger partial charge >= 0.3 is 0 Å². The first-order valence-corrected chi connectivity index (χ1v) is 14.1. The molecule has 5 rings (SSSR count). The van der Waals surface area contributed by atoms with Gasteiger partial charge in [-0.25, -0.2) is 8.42 Å². The summed E-state index contributed by atoms with van der Waals surface area (Å²) in [5.74, 6) is -0.553. The van der Waals surface area contributed by atoms with Crippen molar-refractivity contribution in [1.29, 1.82) is 5.26 Å². The van der Waals surface area contributed by atoms with Crippen LogP contribution in [0.5, 0.6) is 0 Å². The van der Waals surface area contributed by atoms with E-state index < -0.39 is 14.6 Å². The van der Waals surface area contributed by atoms with Gasteiger partial charge in [-0.1, -0.05) is 6.07 Å². The van der Waals surface area contributed by atoms with E-state index in [4.69, 9.17) is 5.26 Å². The molecule has 2 aliphatic carbocycles. The number of fused-ring (bicyclic) bond motifs is 1. The van der Waals surface area contributed by atoms with Crippen LogP contribution < -0.4 is 0 Å². The van der Waals surface area contributed by atoms with Crippen molar-refractivity contribution in [3.05, 3.63) is 51.8 Å². The van der Waals surface area contributed by atoms with Crippen molar-refractivity contribution in [2.24, 2.45) is 7.05 Å². The van der Waals surface area contributed by atoms with Crippen LogP contribution in [0.1, 0.15) is 68.9 Å². The summed E-state index contributed by atoms with van der Waals surface area (Å²) in [6.07, 6.45) is 3.12. The number of hydrogen-bond acceptors (Lipinski definition) is 6. The number of aromatic nitrogens is 2. The van der Waals surface area contributed by atoms with E-state index in [-0.39, 0.29) is 29.3 Å². The second kappa shape index (κ2) is 8.58. The van der Waals surface area contributed by atoms with E-state index >= 15 is 0 Å².